The van der Waals surface area contributed by atoms with Crippen LogP contribution in [-0.2, 0) is 5.60 Å². The molecule has 3 aromatic heterocycles. The first-order valence-corrected chi connectivity index (χ1v) is 12.0. The number of aliphatic imine (C=N–C) groups is 1. The van der Waals surface area contributed by atoms with E-state index in [4.69, 9.17) is 16.3 Å². The summed E-state index contributed by atoms with van der Waals surface area (Å²) < 4.78 is 32.5. The molecule has 200 valence electrons. The molecule has 11 heteroatoms. The van der Waals surface area contributed by atoms with E-state index in [1.165, 1.54) is 42.3 Å². The second-order valence-corrected chi connectivity index (χ2v) is 9.21. The fourth-order valence-electron chi connectivity index (χ4n) is 3.43. The predicted octanol–water partition coefficient (Wildman–Crippen LogP) is 5.36. The Morgan fingerprint density at radius 2 is 2.00 bits per heavy atom. The van der Waals surface area contributed by atoms with Crippen molar-refractivity contribution in [3.8, 4) is 22.8 Å². The van der Waals surface area contributed by atoms with Crippen molar-refractivity contribution in [3.63, 3.8) is 0 Å². The number of allylic oxidation sites excluding steroid dienone is 3. The fourth-order valence-corrected chi connectivity index (χ4v) is 3.62. The smallest absolute Gasteiger partial charge is 0.277 e. The molecule has 0 aromatic carbocycles. The van der Waals surface area contributed by atoms with E-state index >= 15 is 0 Å². The zero-order valence-corrected chi connectivity index (χ0v) is 22.4. The Balaban J connectivity index is 1.89. The number of rotatable bonds is 9. The van der Waals surface area contributed by atoms with Crippen molar-refractivity contribution in [2.75, 3.05) is 6.61 Å². The van der Waals surface area contributed by atoms with Crippen LogP contribution >= 0.6 is 11.6 Å². The van der Waals surface area contributed by atoms with Crippen molar-refractivity contribution in [1.29, 1.82) is 0 Å². The van der Waals surface area contributed by atoms with Gasteiger partial charge >= 0.3 is 0 Å². The highest BCUT2D eigenvalue weighted by Gasteiger charge is 2.21. The second-order valence-electron chi connectivity index (χ2n) is 8.83. The van der Waals surface area contributed by atoms with Gasteiger partial charge in [-0.1, -0.05) is 17.7 Å². The molecule has 0 atom stereocenters. The Labute approximate surface area is 224 Å². The van der Waals surface area contributed by atoms with Crippen LogP contribution < -0.4 is 10.3 Å². The Morgan fingerprint density at radius 3 is 2.66 bits per heavy atom. The minimum absolute atomic E-state index is 0.0253. The number of alkyl halides is 2. The first kappa shape index (κ1) is 28.8. The molecule has 8 nitrogen and oxygen atoms in total. The summed E-state index contributed by atoms with van der Waals surface area (Å²) in [7, 11) is 0. The third-order valence-corrected chi connectivity index (χ3v) is 5.79. The molecule has 3 heterocycles. The summed E-state index contributed by atoms with van der Waals surface area (Å²) in [6.45, 7) is 8.22. The molecule has 0 spiro atoms. The third kappa shape index (κ3) is 6.76. The zero-order valence-electron chi connectivity index (χ0n) is 21.6. The van der Waals surface area contributed by atoms with Gasteiger partial charge in [-0.05, 0) is 58.4 Å². The second kappa shape index (κ2) is 12.2. The molecule has 0 saturated carbocycles. The molecule has 0 saturated heterocycles. The van der Waals surface area contributed by atoms with Gasteiger partial charge in [-0.25, -0.2) is 18.7 Å². The molecule has 3 rings (SSSR count). The van der Waals surface area contributed by atoms with Crippen LogP contribution in [0.1, 0.15) is 37.9 Å². The summed E-state index contributed by atoms with van der Waals surface area (Å²) in [4.78, 5) is 30.1. The highest BCUT2D eigenvalue weighted by Crippen LogP contribution is 2.27. The van der Waals surface area contributed by atoms with Gasteiger partial charge in [0.2, 0.25) is 0 Å². The number of hydrogen-bond donors (Lipinski definition) is 1. The molecule has 0 fully saturated rings. The molecule has 0 radical (unpaired) electrons. The summed E-state index contributed by atoms with van der Waals surface area (Å²) >= 11 is 6.36. The van der Waals surface area contributed by atoms with Gasteiger partial charge in [-0.15, -0.1) is 0 Å². The van der Waals surface area contributed by atoms with E-state index < -0.39 is 17.6 Å². The first-order chi connectivity index (χ1) is 17.9. The zero-order chi connectivity index (χ0) is 28.0. The lowest BCUT2D eigenvalue weighted by Crippen LogP contribution is -2.23. The van der Waals surface area contributed by atoms with Crippen LogP contribution in [0.5, 0.6) is 5.75 Å². The minimum atomic E-state index is -2.58. The Bertz CT molecular complexity index is 1460. The van der Waals surface area contributed by atoms with Crippen molar-refractivity contribution < 1.29 is 18.6 Å². The van der Waals surface area contributed by atoms with Crippen LogP contribution in [0, 0.1) is 13.8 Å². The van der Waals surface area contributed by atoms with Crippen LogP contribution in [0.2, 0.25) is 5.02 Å². The van der Waals surface area contributed by atoms with Crippen molar-refractivity contribution in [2.24, 2.45) is 4.99 Å². The van der Waals surface area contributed by atoms with E-state index in [-0.39, 0.29) is 28.8 Å². The summed E-state index contributed by atoms with van der Waals surface area (Å²) in [5, 5.41) is 10.1. The minimum Gasteiger partial charge on any atom is -0.486 e. The molecular weight excluding hydrogens is 516 g/mol. The van der Waals surface area contributed by atoms with Crippen LogP contribution in [-0.4, -0.2) is 43.9 Å². The van der Waals surface area contributed by atoms with Crippen molar-refractivity contribution >= 4 is 17.8 Å². The number of halogens is 3. The van der Waals surface area contributed by atoms with Gasteiger partial charge in [-0.3, -0.25) is 19.3 Å². The quantitative estimate of drug-likeness (QED) is 0.288. The molecule has 38 heavy (non-hydrogen) atoms. The SMILES string of the molecule is C/C=C(\C=C/N=CCOc1cc(C)n(-c2cc(-c3ccnc(C(C)(C)O)n3)ncc2C)c(=O)c1Cl)C(F)F. The lowest BCUT2D eigenvalue weighted by molar-refractivity contribution is 0.0688. The lowest BCUT2D eigenvalue weighted by atomic mass is 10.1. The van der Waals surface area contributed by atoms with E-state index in [2.05, 4.69) is 19.9 Å². The molecular formula is C27H28ClF2N5O3. The third-order valence-electron chi connectivity index (χ3n) is 5.44. The van der Waals surface area contributed by atoms with Gasteiger partial charge < -0.3 is 9.84 Å². The van der Waals surface area contributed by atoms with E-state index in [0.717, 1.165) is 5.56 Å². The standard InChI is InChI=1S/C27H28ClF2N5O3/c1-6-18(24(29)30)7-9-31-11-12-38-22-13-17(3)35(25(36)23(22)28)21-14-20(33-15-16(21)2)19-8-10-32-26(34-19)27(4,5)37/h6-11,13-15,24,37H,12H2,1-5H3/b9-7-,18-6+,31-11?. The van der Waals surface area contributed by atoms with Crippen LogP contribution in [0.25, 0.3) is 17.1 Å². The predicted molar refractivity (Wildman–Crippen MR) is 143 cm³/mol. The number of pyridine rings is 2. The average molecular weight is 544 g/mol. The van der Waals surface area contributed by atoms with Crippen LogP contribution in [0.4, 0.5) is 8.78 Å². The summed E-state index contributed by atoms with van der Waals surface area (Å²) in [6, 6.07) is 5.01. The first-order valence-electron chi connectivity index (χ1n) is 11.6. The van der Waals surface area contributed by atoms with Gasteiger partial charge in [0.25, 0.3) is 12.0 Å². The summed E-state index contributed by atoms with van der Waals surface area (Å²) in [5.74, 6) is 0.410. The van der Waals surface area contributed by atoms with Gasteiger partial charge in [-0.2, -0.15) is 0 Å². The largest absolute Gasteiger partial charge is 0.486 e. The normalized spacial score (nSPS) is 12.7. The molecule has 0 aliphatic rings. The van der Waals surface area contributed by atoms with E-state index in [0.29, 0.717) is 22.8 Å². The number of aryl methyl sites for hydroxylation is 2. The number of ether oxygens (including phenoxy) is 1. The van der Waals surface area contributed by atoms with Gasteiger partial charge in [0.05, 0.1) is 17.1 Å². The Kier molecular flexibility index (Phi) is 9.24. The number of aromatic nitrogens is 4. The van der Waals surface area contributed by atoms with Crippen molar-refractivity contribution in [1.82, 2.24) is 19.5 Å². The summed E-state index contributed by atoms with van der Waals surface area (Å²) in [6.07, 6.45) is 5.70. The highest BCUT2D eigenvalue weighted by molar-refractivity contribution is 6.31. The van der Waals surface area contributed by atoms with Gasteiger partial charge in [0.1, 0.15) is 23.0 Å². The van der Waals surface area contributed by atoms with Gasteiger partial charge in [0.15, 0.2) is 5.82 Å². The number of nitrogens with zero attached hydrogens (tertiary/aromatic N) is 5. The molecule has 0 aliphatic carbocycles. The molecule has 0 unspecified atom stereocenters. The molecule has 0 amide bonds. The molecule has 0 aliphatic heterocycles. The maximum Gasteiger partial charge on any atom is 0.277 e. The molecule has 1 N–H and O–H groups in total. The van der Waals surface area contributed by atoms with Crippen molar-refractivity contribution in [2.45, 2.75) is 46.6 Å². The monoisotopic (exact) mass is 543 g/mol. The molecule has 3 aromatic rings. The maximum atomic E-state index is 13.3. The van der Waals surface area contributed by atoms with Gasteiger partial charge in [0, 0.05) is 42.1 Å². The van der Waals surface area contributed by atoms with E-state index in [9.17, 15) is 18.7 Å². The maximum absolute atomic E-state index is 13.3. The lowest BCUT2D eigenvalue weighted by Gasteiger charge is -2.17. The number of aliphatic hydroxyl groups is 1. The van der Waals surface area contributed by atoms with E-state index in [1.54, 1.807) is 45.2 Å². The topological polar surface area (TPSA) is 102 Å². The molecule has 0 bridgehead atoms. The van der Waals surface area contributed by atoms with Crippen molar-refractivity contribution in [3.05, 3.63) is 87.0 Å². The van der Waals surface area contributed by atoms with Crippen LogP contribution in [0.3, 0.4) is 0 Å². The fraction of sp³-hybridized carbons (Fsp3) is 0.296. The Hall–Kier alpha value is -3.76. The highest BCUT2D eigenvalue weighted by atomic mass is 35.5. The Morgan fingerprint density at radius 1 is 1.26 bits per heavy atom. The van der Waals surface area contributed by atoms with Crippen LogP contribution in [0.15, 0.2) is 64.3 Å². The average Bonchev–Trinajstić information content (AvgIpc) is 2.86. The summed E-state index contributed by atoms with van der Waals surface area (Å²) in [5.41, 5.74) is 0.940. The number of hydrogen-bond acceptors (Lipinski definition) is 7. The van der Waals surface area contributed by atoms with E-state index in [1.807, 2.05) is 6.92 Å².